The summed E-state index contributed by atoms with van der Waals surface area (Å²) in [6.07, 6.45) is 7.33. The van der Waals surface area contributed by atoms with E-state index in [-0.39, 0.29) is 5.82 Å². The van der Waals surface area contributed by atoms with Gasteiger partial charge in [0.05, 0.1) is 0 Å². The molecule has 3 heteroatoms. The van der Waals surface area contributed by atoms with Crippen LogP contribution in [-0.2, 0) is 6.42 Å². The van der Waals surface area contributed by atoms with Crippen molar-refractivity contribution in [3.8, 4) is 0 Å². The minimum Gasteiger partial charge on any atom is -0.314 e. The Labute approximate surface area is 120 Å². The standard InChI is InChI=1S/C16H23ClFN/c1-2-19-15-6-4-3-5-12(10-15)9-13-7-8-14(18)11-16(13)17/h7-8,11-12,15,19H,2-6,9-10H2,1H3. The normalized spacial score (nSPS) is 24.2. The summed E-state index contributed by atoms with van der Waals surface area (Å²) in [5.41, 5.74) is 1.09. The number of rotatable bonds is 4. The molecule has 2 atom stereocenters. The highest BCUT2D eigenvalue weighted by atomic mass is 35.5. The topological polar surface area (TPSA) is 12.0 Å². The maximum Gasteiger partial charge on any atom is 0.124 e. The van der Waals surface area contributed by atoms with Gasteiger partial charge in [0.15, 0.2) is 0 Å². The third-order valence-corrected chi connectivity index (χ3v) is 4.40. The second-order valence-corrected chi connectivity index (χ2v) is 5.99. The molecular formula is C16H23ClFN. The summed E-state index contributed by atoms with van der Waals surface area (Å²) in [7, 11) is 0. The molecule has 1 N–H and O–H groups in total. The van der Waals surface area contributed by atoms with Gasteiger partial charge in [-0.15, -0.1) is 0 Å². The number of hydrogen-bond donors (Lipinski definition) is 1. The quantitative estimate of drug-likeness (QED) is 0.798. The smallest absolute Gasteiger partial charge is 0.124 e. The van der Waals surface area contributed by atoms with Crippen molar-refractivity contribution in [1.29, 1.82) is 0 Å². The molecule has 1 aliphatic rings. The summed E-state index contributed by atoms with van der Waals surface area (Å²) >= 11 is 6.13. The van der Waals surface area contributed by atoms with E-state index in [9.17, 15) is 4.39 Å². The Balaban J connectivity index is 2.00. The molecule has 1 saturated carbocycles. The van der Waals surface area contributed by atoms with Crippen LogP contribution < -0.4 is 5.32 Å². The van der Waals surface area contributed by atoms with Crippen LogP contribution in [0.1, 0.15) is 44.6 Å². The van der Waals surface area contributed by atoms with E-state index in [1.807, 2.05) is 6.07 Å². The highest BCUT2D eigenvalue weighted by Crippen LogP contribution is 2.29. The van der Waals surface area contributed by atoms with E-state index in [4.69, 9.17) is 11.6 Å². The fourth-order valence-corrected chi connectivity index (χ4v) is 3.36. The summed E-state index contributed by atoms with van der Waals surface area (Å²) in [4.78, 5) is 0. The predicted octanol–water partition coefficient (Wildman–Crippen LogP) is 4.58. The van der Waals surface area contributed by atoms with Crippen molar-refractivity contribution in [2.75, 3.05) is 6.54 Å². The van der Waals surface area contributed by atoms with Crippen molar-refractivity contribution < 1.29 is 4.39 Å². The van der Waals surface area contributed by atoms with Crippen LogP contribution in [0, 0.1) is 11.7 Å². The van der Waals surface area contributed by atoms with Crippen LogP contribution in [0.25, 0.3) is 0 Å². The minimum atomic E-state index is -0.250. The van der Waals surface area contributed by atoms with Gasteiger partial charge in [-0.05, 0) is 49.4 Å². The molecule has 0 aliphatic heterocycles. The summed E-state index contributed by atoms with van der Waals surface area (Å²) in [5, 5.41) is 4.14. The molecule has 1 fully saturated rings. The molecule has 106 valence electrons. The Hall–Kier alpha value is -0.600. The Kier molecular flexibility index (Phi) is 5.65. The van der Waals surface area contributed by atoms with Gasteiger partial charge in [0.25, 0.3) is 0 Å². The maximum atomic E-state index is 13.1. The lowest BCUT2D eigenvalue weighted by Crippen LogP contribution is -2.30. The van der Waals surface area contributed by atoms with Crippen LogP contribution in [0.5, 0.6) is 0 Å². The lowest BCUT2D eigenvalue weighted by Gasteiger charge is -2.21. The van der Waals surface area contributed by atoms with Gasteiger partial charge in [0.1, 0.15) is 5.82 Å². The average Bonchev–Trinajstić information content (AvgIpc) is 2.59. The van der Waals surface area contributed by atoms with Gasteiger partial charge in [0.2, 0.25) is 0 Å². The molecule has 19 heavy (non-hydrogen) atoms. The maximum absolute atomic E-state index is 13.1. The molecular weight excluding hydrogens is 261 g/mol. The van der Waals surface area contributed by atoms with Crippen molar-refractivity contribution in [3.63, 3.8) is 0 Å². The monoisotopic (exact) mass is 283 g/mol. The van der Waals surface area contributed by atoms with Crippen LogP contribution in [-0.4, -0.2) is 12.6 Å². The van der Waals surface area contributed by atoms with Crippen LogP contribution >= 0.6 is 11.6 Å². The predicted molar refractivity (Wildman–Crippen MR) is 79.2 cm³/mol. The second-order valence-electron chi connectivity index (χ2n) is 5.58. The highest BCUT2D eigenvalue weighted by molar-refractivity contribution is 6.31. The van der Waals surface area contributed by atoms with E-state index in [0.29, 0.717) is 17.0 Å². The first kappa shape index (κ1) is 14.8. The Morgan fingerprint density at radius 3 is 2.84 bits per heavy atom. The molecule has 0 amide bonds. The van der Waals surface area contributed by atoms with E-state index in [2.05, 4.69) is 12.2 Å². The van der Waals surface area contributed by atoms with Crippen molar-refractivity contribution in [1.82, 2.24) is 5.32 Å². The van der Waals surface area contributed by atoms with Crippen molar-refractivity contribution in [2.45, 2.75) is 51.5 Å². The van der Waals surface area contributed by atoms with Crippen LogP contribution in [0.2, 0.25) is 5.02 Å². The molecule has 1 aliphatic carbocycles. The van der Waals surface area contributed by atoms with E-state index >= 15 is 0 Å². The van der Waals surface area contributed by atoms with Gasteiger partial charge < -0.3 is 5.32 Å². The molecule has 0 aromatic heterocycles. The largest absolute Gasteiger partial charge is 0.314 e. The zero-order valence-corrected chi connectivity index (χ0v) is 12.3. The Morgan fingerprint density at radius 1 is 1.32 bits per heavy atom. The first-order valence-corrected chi connectivity index (χ1v) is 7.74. The Morgan fingerprint density at radius 2 is 2.11 bits per heavy atom. The first-order valence-electron chi connectivity index (χ1n) is 7.36. The fraction of sp³-hybridized carbons (Fsp3) is 0.625. The van der Waals surface area contributed by atoms with E-state index in [1.165, 1.54) is 44.2 Å². The van der Waals surface area contributed by atoms with Gasteiger partial charge in [-0.3, -0.25) is 0 Å². The molecule has 0 heterocycles. The number of hydrogen-bond acceptors (Lipinski definition) is 1. The SMILES string of the molecule is CCNC1CCCCC(Cc2ccc(F)cc2Cl)C1. The molecule has 0 spiro atoms. The Bertz CT molecular complexity index is 408. The van der Waals surface area contributed by atoms with E-state index < -0.39 is 0 Å². The molecule has 1 nitrogen and oxygen atoms in total. The lowest BCUT2D eigenvalue weighted by molar-refractivity contribution is 0.389. The van der Waals surface area contributed by atoms with Crippen molar-refractivity contribution >= 4 is 11.6 Å². The van der Waals surface area contributed by atoms with Crippen molar-refractivity contribution in [3.05, 3.63) is 34.6 Å². The van der Waals surface area contributed by atoms with Gasteiger partial charge in [-0.25, -0.2) is 4.39 Å². The highest BCUT2D eigenvalue weighted by Gasteiger charge is 2.20. The minimum absolute atomic E-state index is 0.250. The molecule has 0 bridgehead atoms. The van der Waals surface area contributed by atoms with Crippen molar-refractivity contribution in [2.24, 2.45) is 5.92 Å². The second kappa shape index (κ2) is 7.25. The number of nitrogens with one attached hydrogen (secondary N) is 1. The number of benzene rings is 1. The molecule has 1 aromatic rings. The third kappa shape index (κ3) is 4.47. The summed E-state index contributed by atoms with van der Waals surface area (Å²) < 4.78 is 13.1. The van der Waals surface area contributed by atoms with Gasteiger partial charge in [-0.1, -0.05) is 43.9 Å². The van der Waals surface area contributed by atoms with Gasteiger partial charge in [-0.2, -0.15) is 0 Å². The molecule has 1 aromatic carbocycles. The summed E-state index contributed by atoms with van der Waals surface area (Å²) in [5.74, 6) is 0.412. The van der Waals surface area contributed by atoms with Crippen LogP contribution in [0.4, 0.5) is 4.39 Å². The summed E-state index contributed by atoms with van der Waals surface area (Å²) in [6, 6.07) is 5.41. The zero-order valence-electron chi connectivity index (χ0n) is 11.6. The lowest BCUT2D eigenvalue weighted by atomic mass is 9.91. The van der Waals surface area contributed by atoms with Crippen LogP contribution in [0.3, 0.4) is 0 Å². The molecule has 2 rings (SSSR count). The number of halogens is 2. The first-order chi connectivity index (χ1) is 9.19. The molecule has 0 saturated heterocycles. The zero-order chi connectivity index (χ0) is 13.7. The van der Waals surface area contributed by atoms with Gasteiger partial charge in [0, 0.05) is 11.1 Å². The van der Waals surface area contributed by atoms with E-state index in [1.54, 1.807) is 0 Å². The van der Waals surface area contributed by atoms with Gasteiger partial charge >= 0.3 is 0 Å². The third-order valence-electron chi connectivity index (χ3n) is 4.05. The molecule has 0 radical (unpaired) electrons. The summed E-state index contributed by atoms with van der Waals surface area (Å²) in [6.45, 7) is 3.20. The van der Waals surface area contributed by atoms with E-state index in [0.717, 1.165) is 18.5 Å². The fourth-order valence-electron chi connectivity index (χ4n) is 3.12. The molecule has 2 unspecified atom stereocenters. The van der Waals surface area contributed by atoms with Crippen LogP contribution in [0.15, 0.2) is 18.2 Å². The average molecular weight is 284 g/mol.